The maximum absolute atomic E-state index is 10.1. The van der Waals surface area contributed by atoms with E-state index in [2.05, 4.69) is 27.3 Å². The van der Waals surface area contributed by atoms with Gasteiger partial charge in [-0.25, -0.2) is 0 Å². The third kappa shape index (κ3) is 4.62. The van der Waals surface area contributed by atoms with E-state index < -0.39 is 0 Å². The second-order valence-corrected chi connectivity index (χ2v) is 6.17. The average Bonchev–Trinajstić information content (AvgIpc) is 2.56. The SMILES string of the molecule is COc1ccc(C(C)NCCc2ccc(Br)c(OC)c2)c(O)c1. The maximum atomic E-state index is 10.1. The molecule has 0 heterocycles. The predicted molar refractivity (Wildman–Crippen MR) is 95.5 cm³/mol. The summed E-state index contributed by atoms with van der Waals surface area (Å²) in [5, 5.41) is 13.5. The van der Waals surface area contributed by atoms with E-state index in [-0.39, 0.29) is 11.8 Å². The van der Waals surface area contributed by atoms with Crippen LogP contribution in [-0.2, 0) is 6.42 Å². The fraction of sp³-hybridized carbons (Fsp3) is 0.333. The van der Waals surface area contributed by atoms with Crippen molar-refractivity contribution in [2.24, 2.45) is 0 Å². The first-order chi connectivity index (χ1) is 11.0. The summed E-state index contributed by atoms with van der Waals surface area (Å²) < 4.78 is 11.4. The molecule has 5 heteroatoms. The molecule has 2 N–H and O–H groups in total. The number of methoxy groups -OCH3 is 2. The van der Waals surface area contributed by atoms with Crippen LogP contribution in [0.1, 0.15) is 24.1 Å². The number of nitrogens with one attached hydrogen (secondary N) is 1. The Kier molecular flexibility index (Phi) is 6.30. The van der Waals surface area contributed by atoms with Gasteiger partial charge in [-0.3, -0.25) is 0 Å². The highest BCUT2D eigenvalue weighted by molar-refractivity contribution is 9.10. The molecule has 4 nitrogen and oxygen atoms in total. The van der Waals surface area contributed by atoms with Crippen molar-refractivity contribution in [1.82, 2.24) is 5.32 Å². The number of hydrogen-bond donors (Lipinski definition) is 2. The lowest BCUT2D eigenvalue weighted by Gasteiger charge is -2.16. The van der Waals surface area contributed by atoms with Crippen LogP contribution in [-0.4, -0.2) is 25.9 Å². The first-order valence-corrected chi connectivity index (χ1v) is 8.27. The van der Waals surface area contributed by atoms with Crippen molar-refractivity contribution in [3.63, 3.8) is 0 Å². The van der Waals surface area contributed by atoms with E-state index in [4.69, 9.17) is 9.47 Å². The van der Waals surface area contributed by atoms with Crippen molar-refractivity contribution < 1.29 is 14.6 Å². The van der Waals surface area contributed by atoms with Gasteiger partial charge in [0.1, 0.15) is 17.2 Å². The Morgan fingerprint density at radius 3 is 2.57 bits per heavy atom. The minimum Gasteiger partial charge on any atom is -0.507 e. The predicted octanol–water partition coefficient (Wildman–Crippen LogP) is 4.07. The van der Waals surface area contributed by atoms with Crippen LogP contribution < -0.4 is 14.8 Å². The standard InChI is InChI=1S/C18H22BrNO3/c1-12(15-6-5-14(22-2)11-17(15)21)20-9-8-13-4-7-16(19)18(10-13)23-3/h4-7,10-12,20-21H,8-9H2,1-3H3. The minimum atomic E-state index is 0.0539. The summed E-state index contributed by atoms with van der Waals surface area (Å²) in [6.07, 6.45) is 0.880. The Morgan fingerprint density at radius 1 is 1.13 bits per heavy atom. The quantitative estimate of drug-likeness (QED) is 0.761. The summed E-state index contributed by atoms with van der Waals surface area (Å²) in [4.78, 5) is 0. The summed E-state index contributed by atoms with van der Waals surface area (Å²) in [6, 6.07) is 11.5. The van der Waals surface area contributed by atoms with Gasteiger partial charge in [0.25, 0.3) is 0 Å². The molecule has 0 bridgehead atoms. The number of phenolic OH excluding ortho intramolecular Hbond substituents is 1. The average molecular weight is 380 g/mol. The Morgan fingerprint density at radius 2 is 1.91 bits per heavy atom. The molecule has 1 atom stereocenters. The number of hydrogen-bond acceptors (Lipinski definition) is 4. The molecule has 23 heavy (non-hydrogen) atoms. The highest BCUT2D eigenvalue weighted by Gasteiger charge is 2.11. The van der Waals surface area contributed by atoms with Gasteiger partial charge in [0.05, 0.1) is 18.7 Å². The Balaban J connectivity index is 1.93. The van der Waals surface area contributed by atoms with E-state index in [9.17, 15) is 5.11 Å². The molecule has 0 saturated heterocycles. The second kappa shape index (κ2) is 8.22. The lowest BCUT2D eigenvalue weighted by atomic mass is 10.1. The summed E-state index contributed by atoms with van der Waals surface area (Å²) in [6.45, 7) is 2.83. The zero-order valence-electron chi connectivity index (χ0n) is 13.6. The summed E-state index contributed by atoms with van der Waals surface area (Å²) in [7, 11) is 3.25. The molecule has 0 spiro atoms. The first kappa shape index (κ1) is 17.6. The third-order valence-corrected chi connectivity index (χ3v) is 4.44. The number of phenols is 1. The molecular formula is C18H22BrNO3. The van der Waals surface area contributed by atoms with E-state index in [1.165, 1.54) is 5.56 Å². The Hall–Kier alpha value is -1.72. The molecule has 0 radical (unpaired) electrons. The van der Waals surface area contributed by atoms with Crippen LogP contribution in [0.2, 0.25) is 0 Å². The van der Waals surface area contributed by atoms with Crippen LogP contribution in [0.25, 0.3) is 0 Å². The number of benzene rings is 2. The number of halogens is 1. The van der Waals surface area contributed by atoms with Gasteiger partial charge in [-0.15, -0.1) is 0 Å². The van der Waals surface area contributed by atoms with Crippen molar-refractivity contribution in [3.05, 3.63) is 52.0 Å². The molecule has 0 fully saturated rings. The molecule has 0 aliphatic heterocycles. The zero-order chi connectivity index (χ0) is 16.8. The molecule has 2 rings (SSSR count). The largest absolute Gasteiger partial charge is 0.507 e. The van der Waals surface area contributed by atoms with Crippen molar-refractivity contribution in [1.29, 1.82) is 0 Å². The summed E-state index contributed by atoms with van der Waals surface area (Å²) >= 11 is 3.45. The van der Waals surface area contributed by atoms with Gasteiger partial charge in [0.2, 0.25) is 0 Å². The van der Waals surface area contributed by atoms with E-state index >= 15 is 0 Å². The van der Waals surface area contributed by atoms with Crippen LogP contribution >= 0.6 is 15.9 Å². The minimum absolute atomic E-state index is 0.0539. The highest BCUT2D eigenvalue weighted by Crippen LogP contribution is 2.28. The monoisotopic (exact) mass is 379 g/mol. The van der Waals surface area contributed by atoms with E-state index in [1.807, 2.05) is 31.2 Å². The molecule has 0 saturated carbocycles. The van der Waals surface area contributed by atoms with Gasteiger partial charge in [-0.05, 0) is 59.6 Å². The smallest absolute Gasteiger partial charge is 0.133 e. The molecule has 0 aliphatic rings. The summed E-state index contributed by atoms with van der Waals surface area (Å²) in [5.74, 6) is 1.73. The fourth-order valence-electron chi connectivity index (χ4n) is 2.42. The van der Waals surface area contributed by atoms with Crippen molar-refractivity contribution in [3.8, 4) is 17.2 Å². The van der Waals surface area contributed by atoms with Gasteiger partial charge in [-0.2, -0.15) is 0 Å². The molecule has 0 amide bonds. The van der Waals surface area contributed by atoms with Gasteiger partial charge < -0.3 is 19.9 Å². The molecule has 124 valence electrons. The normalized spacial score (nSPS) is 12.0. The van der Waals surface area contributed by atoms with Gasteiger partial charge in [0.15, 0.2) is 0 Å². The third-order valence-electron chi connectivity index (χ3n) is 3.78. The van der Waals surface area contributed by atoms with Gasteiger partial charge in [-0.1, -0.05) is 12.1 Å². The second-order valence-electron chi connectivity index (χ2n) is 5.32. The van der Waals surface area contributed by atoms with Crippen LogP contribution in [0, 0.1) is 0 Å². The highest BCUT2D eigenvalue weighted by atomic mass is 79.9. The lowest BCUT2D eigenvalue weighted by molar-refractivity contribution is 0.404. The molecule has 0 aliphatic carbocycles. The van der Waals surface area contributed by atoms with Crippen molar-refractivity contribution in [2.75, 3.05) is 20.8 Å². The van der Waals surface area contributed by atoms with Crippen molar-refractivity contribution >= 4 is 15.9 Å². The van der Waals surface area contributed by atoms with Crippen molar-refractivity contribution in [2.45, 2.75) is 19.4 Å². The van der Waals surface area contributed by atoms with Gasteiger partial charge in [0, 0.05) is 17.7 Å². The molecule has 0 aromatic heterocycles. The Labute approximate surface area is 145 Å². The van der Waals surface area contributed by atoms with E-state index in [0.717, 1.165) is 28.8 Å². The molecular weight excluding hydrogens is 358 g/mol. The number of rotatable bonds is 7. The maximum Gasteiger partial charge on any atom is 0.133 e. The number of aromatic hydroxyl groups is 1. The molecule has 2 aromatic rings. The van der Waals surface area contributed by atoms with E-state index in [1.54, 1.807) is 20.3 Å². The van der Waals surface area contributed by atoms with Crippen LogP contribution in [0.3, 0.4) is 0 Å². The number of ether oxygens (including phenoxy) is 2. The lowest BCUT2D eigenvalue weighted by Crippen LogP contribution is -2.21. The molecule has 1 unspecified atom stereocenters. The van der Waals surface area contributed by atoms with Crippen LogP contribution in [0.15, 0.2) is 40.9 Å². The molecule has 2 aromatic carbocycles. The first-order valence-electron chi connectivity index (χ1n) is 7.48. The topological polar surface area (TPSA) is 50.7 Å². The van der Waals surface area contributed by atoms with Crippen LogP contribution in [0.5, 0.6) is 17.2 Å². The zero-order valence-corrected chi connectivity index (χ0v) is 15.2. The van der Waals surface area contributed by atoms with Crippen LogP contribution in [0.4, 0.5) is 0 Å². The van der Waals surface area contributed by atoms with Gasteiger partial charge >= 0.3 is 0 Å². The van der Waals surface area contributed by atoms with E-state index in [0.29, 0.717) is 5.75 Å². The Bertz CT molecular complexity index is 661. The fourth-order valence-corrected chi connectivity index (χ4v) is 2.83. The summed E-state index contributed by atoms with van der Waals surface area (Å²) in [5.41, 5.74) is 2.06.